The lowest BCUT2D eigenvalue weighted by molar-refractivity contribution is -0.153. The van der Waals surface area contributed by atoms with Crippen molar-refractivity contribution < 1.29 is 13.9 Å². The van der Waals surface area contributed by atoms with Gasteiger partial charge in [-0.2, -0.15) is 0 Å². The van der Waals surface area contributed by atoms with E-state index in [1.54, 1.807) is 13.0 Å². The first-order valence-corrected chi connectivity index (χ1v) is 10.8. The van der Waals surface area contributed by atoms with E-state index < -0.39 is 0 Å². The van der Waals surface area contributed by atoms with E-state index in [-0.39, 0.29) is 29.5 Å². The Bertz CT molecular complexity index is 733. The van der Waals surface area contributed by atoms with Gasteiger partial charge in [-0.1, -0.05) is 19.4 Å². The van der Waals surface area contributed by atoms with Crippen LogP contribution >= 0.6 is 0 Å². The molecule has 3 aliphatic rings. The number of amides is 1. The van der Waals surface area contributed by atoms with Crippen molar-refractivity contribution in [1.82, 2.24) is 5.32 Å². The maximum Gasteiger partial charge on any atom is 0.217 e. The van der Waals surface area contributed by atoms with Crippen LogP contribution < -0.4 is 10.2 Å². The largest absolute Gasteiger partial charge is 0.370 e. The summed E-state index contributed by atoms with van der Waals surface area (Å²) in [6.45, 7) is 7.85. The predicted molar refractivity (Wildman–Crippen MR) is 109 cm³/mol. The second kappa shape index (κ2) is 7.66. The first kappa shape index (κ1) is 19.7. The summed E-state index contributed by atoms with van der Waals surface area (Å²) in [5.41, 5.74) is 1.27. The normalized spacial score (nSPS) is 35.5. The zero-order valence-corrected chi connectivity index (χ0v) is 17.3. The molecule has 0 radical (unpaired) electrons. The van der Waals surface area contributed by atoms with Gasteiger partial charge in [-0.15, -0.1) is 0 Å². The number of nitrogens with one attached hydrogen (secondary N) is 1. The van der Waals surface area contributed by atoms with E-state index in [0.29, 0.717) is 23.9 Å². The van der Waals surface area contributed by atoms with Crippen molar-refractivity contribution in [3.8, 4) is 0 Å². The van der Waals surface area contributed by atoms with Crippen LogP contribution in [0.2, 0.25) is 0 Å². The third-order valence-corrected chi connectivity index (χ3v) is 7.07. The Hall–Kier alpha value is -1.62. The molecule has 2 saturated heterocycles. The highest BCUT2D eigenvalue weighted by Gasteiger charge is 2.49. The Morgan fingerprint density at radius 3 is 2.71 bits per heavy atom. The van der Waals surface area contributed by atoms with Gasteiger partial charge in [-0.05, 0) is 56.2 Å². The van der Waals surface area contributed by atoms with E-state index in [0.717, 1.165) is 44.3 Å². The number of carbonyl (C=O) groups excluding carboxylic acids is 1. The highest BCUT2D eigenvalue weighted by Crippen LogP contribution is 2.48. The van der Waals surface area contributed by atoms with Crippen LogP contribution in [-0.2, 0) is 9.53 Å². The van der Waals surface area contributed by atoms with Crippen LogP contribution in [0.3, 0.4) is 0 Å². The van der Waals surface area contributed by atoms with Gasteiger partial charge in [0.1, 0.15) is 5.82 Å². The van der Waals surface area contributed by atoms with Gasteiger partial charge in [-0.3, -0.25) is 4.79 Å². The van der Waals surface area contributed by atoms with E-state index >= 15 is 0 Å². The number of rotatable bonds is 3. The fraction of sp³-hybridized carbons (Fsp3) is 0.696. The second-order valence-corrected chi connectivity index (χ2v) is 9.40. The third-order valence-electron chi connectivity index (χ3n) is 7.07. The van der Waals surface area contributed by atoms with Gasteiger partial charge in [0.15, 0.2) is 0 Å². The molecule has 5 heteroatoms. The maximum atomic E-state index is 14.9. The summed E-state index contributed by atoms with van der Waals surface area (Å²) >= 11 is 0. The van der Waals surface area contributed by atoms with Crippen molar-refractivity contribution in [2.24, 2.45) is 11.8 Å². The molecule has 5 atom stereocenters. The molecule has 1 N–H and O–H groups in total. The topological polar surface area (TPSA) is 41.6 Å². The second-order valence-electron chi connectivity index (χ2n) is 9.40. The van der Waals surface area contributed by atoms with Crippen LogP contribution in [0.4, 0.5) is 10.1 Å². The molecule has 28 heavy (non-hydrogen) atoms. The first-order valence-electron chi connectivity index (χ1n) is 10.8. The van der Waals surface area contributed by atoms with Crippen molar-refractivity contribution >= 4 is 11.6 Å². The molecule has 0 unspecified atom stereocenters. The molecule has 0 bridgehead atoms. The molecular formula is C23H33FN2O2. The third kappa shape index (κ3) is 3.78. The summed E-state index contributed by atoms with van der Waals surface area (Å²) in [4.78, 5) is 14.1. The number of nitrogens with zero attached hydrogens (tertiary/aromatic N) is 1. The van der Waals surface area contributed by atoms with Crippen LogP contribution in [0, 0.1) is 17.7 Å². The summed E-state index contributed by atoms with van der Waals surface area (Å²) in [6.07, 6.45) is 6.11. The maximum absolute atomic E-state index is 14.9. The van der Waals surface area contributed by atoms with Crippen molar-refractivity contribution in [1.29, 1.82) is 0 Å². The van der Waals surface area contributed by atoms with Crippen LogP contribution in [-0.4, -0.2) is 30.6 Å². The Morgan fingerprint density at radius 2 is 2.04 bits per heavy atom. The fourth-order valence-corrected chi connectivity index (χ4v) is 5.68. The van der Waals surface area contributed by atoms with E-state index in [4.69, 9.17) is 4.74 Å². The van der Waals surface area contributed by atoms with E-state index in [9.17, 15) is 9.18 Å². The highest BCUT2D eigenvalue weighted by molar-refractivity contribution is 5.73. The molecule has 0 aromatic heterocycles. The molecule has 4 nitrogen and oxygen atoms in total. The van der Waals surface area contributed by atoms with Gasteiger partial charge >= 0.3 is 0 Å². The van der Waals surface area contributed by atoms with Crippen molar-refractivity contribution in [3.63, 3.8) is 0 Å². The Kier molecular flexibility index (Phi) is 5.38. The van der Waals surface area contributed by atoms with Crippen molar-refractivity contribution in [2.75, 3.05) is 18.0 Å². The van der Waals surface area contributed by atoms with Crippen molar-refractivity contribution in [2.45, 2.75) is 77.0 Å². The standard InChI is InChI=1S/C23H33FN2O2/c1-15-6-8-18-21(12-15)28-22(14-23(18,3)25-16(2)27)17-7-9-20(19(24)13-17)26-10-4-5-11-26/h7,9,13,15,18,21-22H,4-6,8,10-12,14H2,1-3H3,(H,25,27)/t15-,18-,21-,22-,23+/m1/s1. The molecule has 0 spiro atoms. The van der Waals surface area contributed by atoms with Crippen molar-refractivity contribution in [3.05, 3.63) is 29.6 Å². The first-order chi connectivity index (χ1) is 13.4. The molecule has 1 amide bonds. The summed E-state index contributed by atoms with van der Waals surface area (Å²) in [5.74, 6) is 0.771. The number of hydrogen-bond donors (Lipinski definition) is 1. The number of anilines is 1. The number of benzene rings is 1. The quantitative estimate of drug-likeness (QED) is 0.824. The van der Waals surface area contributed by atoms with Crippen LogP contribution in [0.25, 0.3) is 0 Å². The van der Waals surface area contributed by atoms with E-state index in [1.807, 2.05) is 12.1 Å². The number of fused-ring (bicyclic) bond motifs is 1. The van der Waals surface area contributed by atoms with E-state index in [2.05, 4.69) is 24.1 Å². The molecule has 1 saturated carbocycles. The number of halogens is 1. The lowest BCUT2D eigenvalue weighted by Crippen LogP contribution is -2.60. The summed E-state index contributed by atoms with van der Waals surface area (Å²) < 4.78 is 21.4. The summed E-state index contributed by atoms with van der Waals surface area (Å²) in [6, 6.07) is 5.58. The van der Waals surface area contributed by atoms with E-state index in [1.165, 1.54) is 6.42 Å². The monoisotopic (exact) mass is 388 g/mol. The fourth-order valence-electron chi connectivity index (χ4n) is 5.68. The molecule has 3 fully saturated rings. The molecule has 1 aromatic rings. The molecule has 1 aromatic carbocycles. The number of hydrogen-bond acceptors (Lipinski definition) is 3. The van der Waals surface area contributed by atoms with Crippen LogP contribution in [0.1, 0.15) is 71.0 Å². The molecular weight excluding hydrogens is 355 g/mol. The van der Waals surface area contributed by atoms with Gasteiger partial charge in [0.25, 0.3) is 0 Å². The minimum atomic E-state index is -0.316. The molecule has 154 valence electrons. The number of ether oxygens (including phenoxy) is 1. The van der Waals surface area contributed by atoms with Crippen LogP contribution in [0.5, 0.6) is 0 Å². The zero-order chi connectivity index (χ0) is 19.9. The molecule has 4 rings (SSSR count). The minimum Gasteiger partial charge on any atom is -0.370 e. The van der Waals surface area contributed by atoms with Gasteiger partial charge in [0, 0.05) is 37.9 Å². The van der Waals surface area contributed by atoms with Gasteiger partial charge in [0.2, 0.25) is 5.91 Å². The molecule has 2 aliphatic heterocycles. The van der Waals surface area contributed by atoms with Gasteiger partial charge in [-0.25, -0.2) is 4.39 Å². The lowest BCUT2D eigenvalue weighted by atomic mass is 9.66. The Balaban J connectivity index is 1.60. The molecule has 1 aliphatic carbocycles. The summed E-state index contributed by atoms with van der Waals surface area (Å²) in [7, 11) is 0. The Labute approximate surface area is 167 Å². The summed E-state index contributed by atoms with van der Waals surface area (Å²) in [5, 5.41) is 3.22. The average molecular weight is 389 g/mol. The SMILES string of the molecule is CC(=O)N[C@@]1(C)C[C@H](c2ccc(N3CCCC3)c(F)c2)O[C@@H]2C[C@H](C)CC[C@H]21. The van der Waals surface area contributed by atoms with Gasteiger partial charge in [0.05, 0.1) is 17.9 Å². The smallest absolute Gasteiger partial charge is 0.217 e. The van der Waals surface area contributed by atoms with Crippen LogP contribution in [0.15, 0.2) is 18.2 Å². The predicted octanol–water partition coefficient (Wildman–Crippen LogP) is 4.59. The number of carbonyl (C=O) groups is 1. The lowest BCUT2D eigenvalue weighted by Gasteiger charge is -2.52. The molecule has 2 heterocycles. The Morgan fingerprint density at radius 1 is 1.29 bits per heavy atom. The minimum absolute atomic E-state index is 0.00363. The van der Waals surface area contributed by atoms with Gasteiger partial charge < -0.3 is 15.0 Å². The zero-order valence-electron chi connectivity index (χ0n) is 17.3. The highest BCUT2D eigenvalue weighted by atomic mass is 19.1. The average Bonchev–Trinajstić information content (AvgIpc) is 3.14.